The van der Waals surface area contributed by atoms with Gasteiger partial charge in [0.2, 0.25) is 12.3 Å². The highest BCUT2D eigenvalue weighted by molar-refractivity contribution is 6.30. The molecule has 0 amide bonds. The Morgan fingerprint density at radius 1 is 1.13 bits per heavy atom. The highest BCUT2D eigenvalue weighted by atomic mass is 35.5. The first-order valence-corrected chi connectivity index (χ1v) is 14.6. The molecule has 0 aliphatic heterocycles. The summed E-state index contributed by atoms with van der Waals surface area (Å²) in [4.78, 5) is 22.1. The Bertz CT molecular complexity index is 1650. The summed E-state index contributed by atoms with van der Waals surface area (Å²) in [5.41, 5.74) is 0.651. The second kappa shape index (κ2) is 15.6. The second-order valence-electron chi connectivity index (χ2n) is 10.9. The third-order valence-electron chi connectivity index (χ3n) is 7.22. The molecule has 0 bridgehead atoms. The Labute approximate surface area is 275 Å². The van der Waals surface area contributed by atoms with Gasteiger partial charge in [-0.05, 0) is 54.2 Å². The molecule has 0 N–H and O–H groups in total. The SMILES string of the molecule is C/C(=N\C#N)N(C)Cc1ccc(Cl)nc1.CC1(C)[C@H](C(=O)OC(C#N)c2cccc(Oc3ccccc3)c2)[C@@H]1/C=C(\Cl)C(F)(F)F. The molecule has 1 unspecified atom stereocenters. The molecule has 1 aliphatic rings. The Hall–Kier alpha value is -4.58. The standard InChI is InChI=1S/C23H19ClF3NO3.C10H11ClN4/c1-22(2)17(12-19(24)23(25,26)27)20(22)21(29)31-18(13-28)14-7-6-10-16(11-14)30-15-8-4-3-5-9-15;1-8(14-7-12)15(2)6-9-3-4-10(11)13-5-9/h3-12,17-18,20H,1-2H3;3-5H,6H2,1-2H3/b19-12-;14-8+/t17-,18?,20-;/m0./s1. The number of rotatable bonds is 8. The van der Waals surface area contributed by atoms with E-state index < -0.39 is 40.5 Å². The van der Waals surface area contributed by atoms with Crippen LogP contribution in [0.15, 0.2) is 89.0 Å². The first kappa shape index (κ1) is 35.9. The van der Waals surface area contributed by atoms with Gasteiger partial charge in [0.05, 0.1) is 5.92 Å². The van der Waals surface area contributed by atoms with E-state index in [9.17, 15) is 23.2 Å². The summed E-state index contributed by atoms with van der Waals surface area (Å²) >= 11 is 11.0. The van der Waals surface area contributed by atoms with E-state index in [1.54, 1.807) is 75.6 Å². The summed E-state index contributed by atoms with van der Waals surface area (Å²) in [5, 5.41) is 17.1. The molecule has 0 radical (unpaired) electrons. The number of hydrogen-bond donors (Lipinski definition) is 0. The van der Waals surface area contributed by atoms with Crippen LogP contribution in [0, 0.1) is 40.0 Å². The van der Waals surface area contributed by atoms with Crippen molar-refractivity contribution in [3.63, 3.8) is 0 Å². The number of allylic oxidation sites excluding steroid dienone is 2. The molecule has 1 aliphatic carbocycles. The van der Waals surface area contributed by atoms with Crippen molar-refractivity contribution in [2.45, 2.75) is 39.6 Å². The fraction of sp³-hybridized carbons (Fsp3) is 0.303. The van der Waals surface area contributed by atoms with E-state index >= 15 is 0 Å². The first-order valence-electron chi connectivity index (χ1n) is 13.8. The molecular formula is C33H30Cl2F3N5O3. The summed E-state index contributed by atoms with van der Waals surface area (Å²) in [6.07, 6.45) is -1.61. The number of benzene rings is 2. The van der Waals surface area contributed by atoms with Gasteiger partial charge in [0.1, 0.15) is 33.6 Å². The van der Waals surface area contributed by atoms with Crippen LogP contribution in [0.4, 0.5) is 13.2 Å². The number of amidine groups is 1. The fourth-order valence-electron chi connectivity index (χ4n) is 4.46. The Morgan fingerprint density at radius 3 is 2.39 bits per heavy atom. The molecule has 1 aromatic heterocycles. The van der Waals surface area contributed by atoms with Gasteiger partial charge >= 0.3 is 12.1 Å². The van der Waals surface area contributed by atoms with Crippen LogP contribution in [0.3, 0.4) is 0 Å². The number of aliphatic imine (C=N–C) groups is 1. The molecule has 1 heterocycles. The molecule has 1 fully saturated rings. The van der Waals surface area contributed by atoms with Gasteiger partial charge in [0.15, 0.2) is 0 Å². The van der Waals surface area contributed by atoms with Crippen molar-refractivity contribution < 1.29 is 27.4 Å². The van der Waals surface area contributed by atoms with Crippen molar-refractivity contribution in [1.82, 2.24) is 9.88 Å². The topological polar surface area (TPSA) is 112 Å². The van der Waals surface area contributed by atoms with Gasteiger partial charge in [-0.1, -0.05) is 79.5 Å². The quantitative estimate of drug-likeness (QED) is 0.0775. The summed E-state index contributed by atoms with van der Waals surface area (Å²) in [5.74, 6) is -0.596. The van der Waals surface area contributed by atoms with E-state index in [2.05, 4.69) is 9.98 Å². The number of aromatic nitrogens is 1. The summed E-state index contributed by atoms with van der Waals surface area (Å²) in [6, 6.07) is 21.1. The van der Waals surface area contributed by atoms with E-state index in [0.717, 1.165) is 11.6 Å². The average Bonchev–Trinajstić information content (AvgIpc) is 3.56. The van der Waals surface area contributed by atoms with Crippen molar-refractivity contribution in [3.8, 4) is 23.8 Å². The van der Waals surface area contributed by atoms with E-state index in [1.807, 2.05) is 42.3 Å². The van der Waals surface area contributed by atoms with Gasteiger partial charge in [-0.2, -0.15) is 28.7 Å². The molecule has 3 atom stereocenters. The molecule has 46 heavy (non-hydrogen) atoms. The molecule has 0 saturated heterocycles. The monoisotopic (exact) mass is 671 g/mol. The van der Waals surface area contributed by atoms with E-state index in [0.29, 0.717) is 34.6 Å². The number of nitriles is 2. The maximum atomic E-state index is 12.7. The molecule has 0 spiro atoms. The van der Waals surface area contributed by atoms with Crippen molar-refractivity contribution >= 4 is 35.0 Å². The van der Waals surface area contributed by atoms with E-state index in [4.69, 9.17) is 37.9 Å². The number of ether oxygens (including phenoxy) is 2. The zero-order chi connectivity index (χ0) is 34.1. The van der Waals surface area contributed by atoms with Crippen LogP contribution in [0.2, 0.25) is 5.15 Å². The Morgan fingerprint density at radius 2 is 1.80 bits per heavy atom. The molecule has 8 nitrogen and oxygen atoms in total. The highest BCUT2D eigenvalue weighted by Crippen LogP contribution is 2.60. The van der Waals surface area contributed by atoms with Crippen molar-refractivity contribution in [2.75, 3.05) is 7.05 Å². The predicted octanol–water partition coefficient (Wildman–Crippen LogP) is 8.61. The number of pyridine rings is 1. The van der Waals surface area contributed by atoms with Crippen molar-refractivity contribution in [2.24, 2.45) is 22.2 Å². The zero-order valence-electron chi connectivity index (χ0n) is 25.3. The third-order valence-corrected chi connectivity index (χ3v) is 7.79. The van der Waals surface area contributed by atoms with Crippen LogP contribution in [-0.4, -0.2) is 34.9 Å². The lowest BCUT2D eigenvalue weighted by atomic mass is 10.1. The van der Waals surface area contributed by atoms with Gasteiger partial charge < -0.3 is 14.4 Å². The molecule has 13 heteroatoms. The number of carbonyl (C=O) groups is 1. The number of alkyl halides is 3. The molecular weight excluding hydrogens is 642 g/mol. The zero-order valence-corrected chi connectivity index (χ0v) is 26.8. The fourth-order valence-corrected chi connectivity index (χ4v) is 4.71. The van der Waals surface area contributed by atoms with Crippen molar-refractivity contribution in [3.05, 3.63) is 100 Å². The lowest BCUT2D eigenvalue weighted by Crippen LogP contribution is -2.23. The number of halogens is 5. The van der Waals surface area contributed by atoms with E-state index in [1.165, 1.54) is 0 Å². The number of nitrogens with zero attached hydrogens (tertiary/aromatic N) is 5. The summed E-state index contributed by atoms with van der Waals surface area (Å²) in [6.45, 7) is 5.74. The lowest BCUT2D eigenvalue weighted by molar-refractivity contribution is -0.149. The van der Waals surface area contributed by atoms with Gasteiger partial charge in [-0.15, -0.1) is 0 Å². The molecule has 240 valence electrons. The maximum Gasteiger partial charge on any atom is 0.426 e. The first-order chi connectivity index (χ1) is 21.7. The molecule has 2 aromatic carbocycles. The van der Waals surface area contributed by atoms with Crippen LogP contribution in [-0.2, 0) is 16.1 Å². The molecule has 4 rings (SSSR count). The van der Waals surface area contributed by atoms with Gasteiger partial charge in [-0.3, -0.25) is 4.79 Å². The number of para-hydroxylation sites is 1. The lowest BCUT2D eigenvalue weighted by Gasteiger charge is -2.17. The highest BCUT2D eigenvalue weighted by Gasteiger charge is 2.62. The van der Waals surface area contributed by atoms with Crippen LogP contribution < -0.4 is 4.74 Å². The predicted molar refractivity (Wildman–Crippen MR) is 168 cm³/mol. The van der Waals surface area contributed by atoms with Gasteiger partial charge in [0, 0.05) is 25.4 Å². The maximum absolute atomic E-state index is 12.7. The average molecular weight is 673 g/mol. The Kier molecular flexibility index (Phi) is 12.2. The number of esters is 1. The minimum Gasteiger partial charge on any atom is -0.457 e. The number of hydrogen-bond acceptors (Lipinski definition) is 7. The summed E-state index contributed by atoms with van der Waals surface area (Å²) < 4.78 is 49.2. The second-order valence-corrected chi connectivity index (χ2v) is 11.7. The third kappa shape index (κ3) is 9.96. The smallest absolute Gasteiger partial charge is 0.426 e. The van der Waals surface area contributed by atoms with Crippen LogP contribution in [0.1, 0.15) is 38.0 Å². The minimum atomic E-state index is -4.68. The Balaban J connectivity index is 0.000000322. The molecule has 3 aromatic rings. The van der Waals surface area contributed by atoms with E-state index in [-0.39, 0.29) is 0 Å². The minimum absolute atomic E-state index is 0.392. The normalized spacial score (nSPS) is 17.7. The van der Waals surface area contributed by atoms with Crippen molar-refractivity contribution in [1.29, 1.82) is 10.5 Å². The van der Waals surface area contributed by atoms with Gasteiger partial charge in [-0.25, -0.2) is 4.98 Å². The largest absolute Gasteiger partial charge is 0.457 e. The summed E-state index contributed by atoms with van der Waals surface area (Å²) in [7, 11) is 1.87. The van der Waals surface area contributed by atoms with Crippen LogP contribution in [0.5, 0.6) is 11.5 Å². The van der Waals surface area contributed by atoms with Crippen LogP contribution >= 0.6 is 23.2 Å². The van der Waals surface area contributed by atoms with Crippen LogP contribution in [0.25, 0.3) is 0 Å². The van der Waals surface area contributed by atoms with Gasteiger partial charge in [0.25, 0.3) is 0 Å². The number of carbonyl (C=O) groups excluding carboxylic acids is 1. The molecule has 1 saturated carbocycles.